The minimum Gasteiger partial charge on any atom is -0.377 e. The molecule has 3 aromatic heterocycles. The first-order valence-corrected chi connectivity index (χ1v) is 16.0. The van der Waals surface area contributed by atoms with Crippen LogP contribution in [0.4, 0.5) is 22.0 Å². The molecule has 5 heterocycles. The molecule has 3 atom stereocenters. The predicted molar refractivity (Wildman–Crippen MR) is 164 cm³/mol. The topological polar surface area (TPSA) is 155 Å². The highest BCUT2D eigenvalue weighted by Crippen LogP contribution is 2.36. The van der Waals surface area contributed by atoms with Crippen molar-refractivity contribution in [1.82, 2.24) is 29.2 Å². The molecule has 2 aliphatic rings. The number of fused-ring (bicyclic) bond motifs is 3. The number of aromatic nitrogens is 5. The van der Waals surface area contributed by atoms with Crippen molar-refractivity contribution < 1.29 is 17.6 Å². The Bertz CT molecular complexity index is 1970. The molecule has 4 aromatic rings. The number of piperazine rings is 1. The van der Waals surface area contributed by atoms with Crippen LogP contribution in [0.5, 0.6) is 0 Å². The van der Waals surface area contributed by atoms with E-state index in [-0.39, 0.29) is 34.2 Å². The van der Waals surface area contributed by atoms with E-state index in [4.69, 9.17) is 16.6 Å². The summed E-state index contributed by atoms with van der Waals surface area (Å²) in [6.45, 7) is 4.91. The third-order valence-electron chi connectivity index (χ3n) is 7.88. The third kappa shape index (κ3) is 5.52. The number of anilines is 3. The number of benzene rings is 1. The second-order valence-corrected chi connectivity index (χ2v) is 13.3. The molecule has 2 N–H and O–H groups in total. The number of carbonyl (C=O) groups is 1. The van der Waals surface area contributed by atoms with Gasteiger partial charge in [-0.05, 0) is 44.0 Å². The molecule has 0 saturated carbocycles. The summed E-state index contributed by atoms with van der Waals surface area (Å²) in [4.78, 5) is 48.0. The maximum Gasteiger partial charge on any atom is 0.285 e. The minimum atomic E-state index is -3.85. The van der Waals surface area contributed by atoms with Gasteiger partial charge in [-0.2, -0.15) is 0 Å². The van der Waals surface area contributed by atoms with E-state index >= 15 is 0 Å². The molecule has 0 unspecified atom stereocenters. The molecule has 1 amide bonds. The highest BCUT2D eigenvalue weighted by molar-refractivity contribution is 7.89. The summed E-state index contributed by atoms with van der Waals surface area (Å²) < 4.78 is 40.3. The van der Waals surface area contributed by atoms with Crippen LogP contribution in [0.2, 0.25) is 5.15 Å². The number of carbonyl (C=O) groups excluding carboxylic acids is 1. The van der Waals surface area contributed by atoms with E-state index in [0.29, 0.717) is 41.5 Å². The van der Waals surface area contributed by atoms with Gasteiger partial charge in [0.15, 0.2) is 11.5 Å². The number of amides is 1. The van der Waals surface area contributed by atoms with Crippen LogP contribution in [0.1, 0.15) is 41.0 Å². The lowest BCUT2D eigenvalue weighted by Gasteiger charge is -2.35. The lowest BCUT2D eigenvalue weighted by atomic mass is 10.0. The van der Waals surface area contributed by atoms with E-state index in [1.807, 2.05) is 24.6 Å². The summed E-state index contributed by atoms with van der Waals surface area (Å²) in [7, 11) is -2.15. The van der Waals surface area contributed by atoms with Crippen LogP contribution >= 0.6 is 11.6 Å². The molecule has 1 aromatic carbocycles. The Balaban J connectivity index is 1.35. The molecule has 6 rings (SSSR count). The van der Waals surface area contributed by atoms with E-state index < -0.39 is 27.8 Å². The molecular formula is C28H29ClFN9O4S. The van der Waals surface area contributed by atoms with Gasteiger partial charge in [-0.1, -0.05) is 17.7 Å². The van der Waals surface area contributed by atoms with Crippen LogP contribution in [0, 0.1) is 12.7 Å². The summed E-state index contributed by atoms with van der Waals surface area (Å²) >= 11 is 6.03. The van der Waals surface area contributed by atoms with Crippen LogP contribution in [-0.4, -0.2) is 70.3 Å². The summed E-state index contributed by atoms with van der Waals surface area (Å²) in [5.74, 6) is -0.436. The lowest BCUT2D eigenvalue weighted by molar-refractivity contribution is 0.0977. The number of aryl methyl sites for hydroxylation is 1. The zero-order valence-electron chi connectivity index (χ0n) is 24.2. The first kappa shape index (κ1) is 29.7. The van der Waals surface area contributed by atoms with Gasteiger partial charge in [-0.25, -0.2) is 37.5 Å². The number of nitrogens with one attached hydrogen (secondary N) is 2. The fourth-order valence-corrected chi connectivity index (χ4v) is 6.57. The predicted octanol–water partition coefficient (Wildman–Crippen LogP) is 2.55. The summed E-state index contributed by atoms with van der Waals surface area (Å²) in [5, 5.41) is 3.69. The largest absolute Gasteiger partial charge is 0.377 e. The van der Waals surface area contributed by atoms with Gasteiger partial charge < -0.3 is 15.1 Å². The molecular weight excluding hydrogens is 613 g/mol. The number of hydrogen-bond acceptors (Lipinski definition) is 11. The van der Waals surface area contributed by atoms with E-state index in [1.165, 1.54) is 12.1 Å². The number of nitrogens with zero attached hydrogens (tertiary/aromatic N) is 7. The van der Waals surface area contributed by atoms with Gasteiger partial charge in [-0.15, -0.1) is 0 Å². The lowest BCUT2D eigenvalue weighted by Crippen LogP contribution is -2.48. The van der Waals surface area contributed by atoms with Crippen molar-refractivity contribution in [3.8, 4) is 0 Å². The highest BCUT2D eigenvalue weighted by atomic mass is 35.5. The summed E-state index contributed by atoms with van der Waals surface area (Å²) in [6, 6.07) is 6.37. The molecule has 2 fully saturated rings. The monoisotopic (exact) mass is 641 g/mol. The molecule has 44 heavy (non-hydrogen) atoms. The van der Waals surface area contributed by atoms with E-state index in [1.54, 1.807) is 17.7 Å². The van der Waals surface area contributed by atoms with Crippen LogP contribution in [0.25, 0.3) is 10.9 Å². The molecule has 2 bridgehead atoms. The Labute approximate surface area is 257 Å². The van der Waals surface area contributed by atoms with Crippen molar-refractivity contribution in [3.05, 3.63) is 74.8 Å². The average Bonchev–Trinajstić information content (AvgIpc) is 3.56. The van der Waals surface area contributed by atoms with Gasteiger partial charge >= 0.3 is 0 Å². The van der Waals surface area contributed by atoms with Gasteiger partial charge in [0.1, 0.15) is 5.15 Å². The molecule has 0 aliphatic carbocycles. The first-order chi connectivity index (χ1) is 20.8. The van der Waals surface area contributed by atoms with Crippen molar-refractivity contribution in [3.63, 3.8) is 0 Å². The average molecular weight is 642 g/mol. The van der Waals surface area contributed by atoms with Crippen LogP contribution in [0.15, 0.2) is 41.5 Å². The first-order valence-electron chi connectivity index (χ1n) is 13.8. The maximum absolute atomic E-state index is 13.7. The molecule has 0 spiro atoms. The standard InChI is InChI=1S/C28H29ClFN9O4S/c1-14-7-19(15(2)33-21-5-6-22(29)34-24(21)25(40)36-44(4,42)43)23-20(8-14)26(41)37(3)28(35-23)39-13-17-9-18(39)12-38(17)27-31-10-16(30)11-32-27/h5-8,10-11,15,17-18,33H,9,12-13H2,1-4H3,(H,36,40)/t15-,17-,18-/m1/s1. The van der Waals surface area contributed by atoms with Gasteiger partial charge in [0, 0.05) is 25.7 Å². The maximum atomic E-state index is 13.7. The number of rotatable bonds is 7. The Kier molecular flexibility index (Phi) is 7.40. The highest BCUT2D eigenvalue weighted by Gasteiger charge is 2.45. The number of sulfonamides is 1. The van der Waals surface area contributed by atoms with E-state index in [2.05, 4.69) is 30.1 Å². The molecule has 16 heteroatoms. The normalized spacial score (nSPS) is 18.6. The molecule has 13 nitrogen and oxygen atoms in total. The summed E-state index contributed by atoms with van der Waals surface area (Å²) in [5.41, 5.74) is 1.89. The minimum absolute atomic E-state index is 0.0159. The number of pyridine rings is 1. The van der Waals surface area contributed by atoms with E-state index in [9.17, 15) is 22.4 Å². The Morgan fingerprint density at radius 1 is 1.11 bits per heavy atom. The van der Waals surface area contributed by atoms with Gasteiger partial charge in [-0.3, -0.25) is 14.2 Å². The Hall–Kier alpha value is -4.37. The molecule has 0 radical (unpaired) electrons. The second-order valence-electron chi connectivity index (χ2n) is 11.2. The Morgan fingerprint density at radius 2 is 1.80 bits per heavy atom. The number of halogens is 2. The SMILES string of the molecule is Cc1cc([C@@H](C)Nc2ccc(Cl)nc2C(=O)NS(C)(=O)=O)c2nc(N3C[C@H]4C[C@@H]3CN4c3ncc(F)cn3)n(C)c(=O)c2c1. The van der Waals surface area contributed by atoms with Crippen molar-refractivity contribution in [1.29, 1.82) is 0 Å². The quantitative estimate of drug-likeness (QED) is 0.286. The fourth-order valence-electron chi connectivity index (χ4n) is 5.99. The fraction of sp³-hybridized carbons (Fsp3) is 0.357. The molecule has 2 saturated heterocycles. The molecule has 2 aliphatic heterocycles. The van der Waals surface area contributed by atoms with Gasteiger partial charge in [0.25, 0.3) is 11.5 Å². The van der Waals surface area contributed by atoms with Crippen LogP contribution in [0.3, 0.4) is 0 Å². The van der Waals surface area contributed by atoms with Gasteiger partial charge in [0.05, 0.1) is 53.4 Å². The van der Waals surface area contributed by atoms with Gasteiger partial charge in [0.2, 0.25) is 21.9 Å². The third-order valence-corrected chi connectivity index (χ3v) is 8.65. The van der Waals surface area contributed by atoms with E-state index in [0.717, 1.165) is 30.6 Å². The molecule has 230 valence electrons. The zero-order chi connectivity index (χ0) is 31.5. The Morgan fingerprint density at radius 3 is 2.45 bits per heavy atom. The number of hydrogen-bond donors (Lipinski definition) is 2. The van der Waals surface area contributed by atoms with Crippen molar-refractivity contribution >= 4 is 56.0 Å². The van der Waals surface area contributed by atoms with Crippen molar-refractivity contribution in [2.75, 3.05) is 34.5 Å². The van der Waals surface area contributed by atoms with Crippen molar-refractivity contribution in [2.45, 2.75) is 38.4 Å². The zero-order valence-corrected chi connectivity index (χ0v) is 25.8. The van der Waals surface area contributed by atoms with Crippen LogP contribution < -0.4 is 25.4 Å². The van der Waals surface area contributed by atoms with Crippen LogP contribution in [-0.2, 0) is 17.1 Å². The van der Waals surface area contributed by atoms with Crippen molar-refractivity contribution in [2.24, 2.45) is 7.05 Å². The summed E-state index contributed by atoms with van der Waals surface area (Å²) in [6.07, 6.45) is 3.99. The smallest absolute Gasteiger partial charge is 0.285 e. The second kappa shape index (κ2) is 11.0.